The van der Waals surface area contributed by atoms with Crippen LogP contribution in [0.5, 0.6) is 0 Å². The molecule has 2 heterocycles. The molecule has 27 heavy (non-hydrogen) atoms. The fourth-order valence-electron chi connectivity index (χ4n) is 3.08. The van der Waals surface area contributed by atoms with Crippen molar-refractivity contribution in [3.8, 4) is 0 Å². The number of hydrogen-bond donors (Lipinski definition) is 0. The standard InChI is InChI=1S/C20H22O7/c1-11(2)13-4-6-14(7-5-13)20(23)24-10-15-19-18(12(3)25-15)26-16(21)8-9-17(22)27-19/h4-9,11-12,15,18-19H,10H2,1-3H3/b9-8-/t12-,15+,18+,19?/m0/s1. The van der Waals surface area contributed by atoms with Gasteiger partial charge in [0.25, 0.3) is 0 Å². The fourth-order valence-corrected chi connectivity index (χ4v) is 3.08. The molecule has 1 aromatic carbocycles. The second-order valence-electron chi connectivity index (χ2n) is 6.89. The van der Waals surface area contributed by atoms with Gasteiger partial charge < -0.3 is 18.9 Å². The summed E-state index contributed by atoms with van der Waals surface area (Å²) in [6, 6.07) is 7.18. The Morgan fingerprint density at radius 3 is 2.22 bits per heavy atom. The lowest BCUT2D eigenvalue weighted by molar-refractivity contribution is -0.162. The minimum absolute atomic E-state index is 0.120. The van der Waals surface area contributed by atoms with E-state index >= 15 is 0 Å². The molecule has 7 nitrogen and oxygen atoms in total. The molecule has 0 bridgehead atoms. The number of hydrogen-bond acceptors (Lipinski definition) is 7. The second kappa shape index (κ2) is 7.92. The summed E-state index contributed by atoms with van der Waals surface area (Å²) in [5, 5.41) is 0. The van der Waals surface area contributed by atoms with E-state index in [-0.39, 0.29) is 6.61 Å². The van der Waals surface area contributed by atoms with E-state index < -0.39 is 42.3 Å². The molecule has 0 spiro atoms. The maximum Gasteiger partial charge on any atom is 0.338 e. The Hall–Kier alpha value is -2.67. The summed E-state index contributed by atoms with van der Waals surface area (Å²) >= 11 is 0. The zero-order chi connectivity index (χ0) is 19.6. The van der Waals surface area contributed by atoms with Crippen LogP contribution in [-0.4, -0.2) is 48.9 Å². The molecule has 1 saturated heterocycles. The molecular formula is C20H22O7. The summed E-state index contributed by atoms with van der Waals surface area (Å²) in [7, 11) is 0. The monoisotopic (exact) mass is 374 g/mol. The SMILES string of the molecule is CC(C)c1ccc(C(=O)OC[C@H]2O[C@@H](C)[C@H]3OC(=O)/C=C\C(=O)OC23)cc1. The van der Waals surface area contributed by atoms with E-state index in [0.717, 1.165) is 17.7 Å². The minimum atomic E-state index is -0.836. The third-order valence-electron chi connectivity index (χ3n) is 4.59. The van der Waals surface area contributed by atoms with Gasteiger partial charge in [-0.1, -0.05) is 26.0 Å². The summed E-state index contributed by atoms with van der Waals surface area (Å²) < 4.78 is 21.6. The van der Waals surface area contributed by atoms with Crippen molar-refractivity contribution >= 4 is 17.9 Å². The average molecular weight is 374 g/mol. The number of esters is 3. The van der Waals surface area contributed by atoms with Crippen molar-refractivity contribution in [1.29, 1.82) is 0 Å². The van der Waals surface area contributed by atoms with Gasteiger partial charge in [-0.25, -0.2) is 14.4 Å². The van der Waals surface area contributed by atoms with Crippen LogP contribution in [0.1, 0.15) is 42.6 Å². The van der Waals surface area contributed by atoms with Crippen molar-refractivity contribution in [3.63, 3.8) is 0 Å². The smallest absolute Gasteiger partial charge is 0.338 e. The number of benzene rings is 1. The summed E-state index contributed by atoms with van der Waals surface area (Å²) in [4.78, 5) is 35.7. The molecule has 0 N–H and O–H groups in total. The van der Waals surface area contributed by atoms with Gasteiger partial charge in [0.1, 0.15) is 12.7 Å². The van der Waals surface area contributed by atoms with Crippen LogP contribution in [0.4, 0.5) is 0 Å². The van der Waals surface area contributed by atoms with E-state index in [2.05, 4.69) is 13.8 Å². The average Bonchev–Trinajstić information content (AvgIpc) is 2.91. The highest BCUT2D eigenvalue weighted by Crippen LogP contribution is 2.28. The van der Waals surface area contributed by atoms with E-state index in [1.165, 1.54) is 0 Å². The molecule has 2 aliphatic heterocycles. The number of carbonyl (C=O) groups excluding carboxylic acids is 3. The van der Waals surface area contributed by atoms with Crippen LogP contribution >= 0.6 is 0 Å². The lowest BCUT2D eigenvalue weighted by Crippen LogP contribution is -2.42. The first-order valence-corrected chi connectivity index (χ1v) is 8.87. The zero-order valence-corrected chi connectivity index (χ0v) is 15.4. The molecule has 3 rings (SSSR count). The lowest BCUT2D eigenvalue weighted by atomic mass is 10.0. The second-order valence-corrected chi connectivity index (χ2v) is 6.89. The largest absolute Gasteiger partial charge is 0.459 e. The molecule has 0 radical (unpaired) electrons. The van der Waals surface area contributed by atoms with Gasteiger partial charge in [0.05, 0.1) is 11.7 Å². The van der Waals surface area contributed by atoms with Crippen LogP contribution < -0.4 is 0 Å². The van der Waals surface area contributed by atoms with Gasteiger partial charge in [0.2, 0.25) is 0 Å². The van der Waals surface area contributed by atoms with Crippen LogP contribution in [0.2, 0.25) is 0 Å². The van der Waals surface area contributed by atoms with Crippen LogP contribution in [0.15, 0.2) is 36.4 Å². The van der Waals surface area contributed by atoms with Crippen molar-refractivity contribution in [1.82, 2.24) is 0 Å². The molecule has 2 aliphatic rings. The number of carbonyl (C=O) groups is 3. The van der Waals surface area contributed by atoms with Crippen molar-refractivity contribution in [3.05, 3.63) is 47.5 Å². The molecular weight excluding hydrogens is 352 g/mol. The van der Waals surface area contributed by atoms with Gasteiger partial charge in [-0.05, 0) is 30.5 Å². The summed E-state index contributed by atoms with van der Waals surface area (Å²) in [5.41, 5.74) is 1.55. The first kappa shape index (κ1) is 19.1. The normalized spacial score (nSPS) is 28.6. The number of rotatable bonds is 4. The molecule has 1 unspecified atom stereocenters. The van der Waals surface area contributed by atoms with E-state index in [1.54, 1.807) is 19.1 Å². The Morgan fingerprint density at radius 1 is 1.04 bits per heavy atom. The Kier molecular flexibility index (Phi) is 5.60. The van der Waals surface area contributed by atoms with Crippen LogP contribution in [-0.2, 0) is 28.5 Å². The third-order valence-corrected chi connectivity index (χ3v) is 4.59. The van der Waals surface area contributed by atoms with Gasteiger partial charge >= 0.3 is 17.9 Å². The van der Waals surface area contributed by atoms with E-state index in [1.807, 2.05) is 12.1 Å². The molecule has 1 aromatic rings. The van der Waals surface area contributed by atoms with Gasteiger partial charge in [0.15, 0.2) is 12.2 Å². The quantitative estimate of drug-likeness (QED) is 0.589. The Balaban J connectivity index is 1.64. The molecule has 7 heteroatoms. The highest BCUT2D eigenvalue weighted by Gasteiger charge is 2.48. The van der Waals surface area contributed by atoms with Crippen LogP contribution in [0.3, 0.4) is 0 Å². The van der Waals surface area contributed by atoms with E-state index in [0.29, 0.717) is 11.5 Å². The zero-order valence-electron chi connectivity index (χ0n) is 15.4. The van der Waals surface area contributed by atoms with Crippen LogP contribution in [0.25, 0.3) is 0 Å². The predicted octanol–water partition coefficient (Wildman–Crippen LogP) is 2.15. The molecule has 4 atom stereocenters. The molecule has 1 fully saturated rings. The van der Waals surface area contributed by atoms with Crippen LogP contribution in [0, 0.1) is 0 Å². The predicted molar refractivity (Wildman–Crippen MR) is 94.0 cm³/mol. The first-order chi connectivity index (χ1) is 12.8. The minimum Gasteiger partial charge on any atom is -0.459 e. The Bertz CT molecular complexity index is 750. The number of fused-ring (bicyclic) bond motifs is 1. The molecule has 144 valence electrons. The third kappa shape index (κ3) is 4.36. The Labute approximate surface area is 157 Å². The van der Waals surface area contributed by atoms with E-state index in [9.17, 15) is 14.4 Å². The molecule has 0 saturated carbocycles. The van der Waals surface area contributed by atoms with Gasteiger partial charge in [0, 0.05) is 12.2 Å². The summed E-state index contributed by atoms with van der Waals surface area (Å²) in [5.74, 6) is -1.44. The first-order valence-electron chi connectivity index (χ1n) is 8.87. The van der Waals surface area contributed by atoms with Gasteiger partial charge in [-0.2, -0.15) is 0 Å². The van der Waals surface area contributed by atoms with Gasteiger partial charge in [-0.15, -0.1) is 0 Å². The number of ether oxygens (including phenoxy) is 4. The van der Waals surface area contributed by atoms with Crippen molar-refractivity contribution in [2.45, 2.75) is 51.1 Å². The van der Waals surface area contributed by atoms with Crippen molar-refractivity contribution in [2.75, 3.05) is 6.61 Å². The molecule has 0 amide bonds. The van der Waals surface area contributed by atoms with Gasteiger partial charge in [-0.3, -0.25) is 0 Å². The Morgan fingerprint density at radius 2 is 1.63 bits per heavy atom. The highest BCUT2D eigenvalue weighted by atomic mass is 16.6. The van der Waals surface area contributed by atoms with Crippen molar-refractivity contribution < 1.29 is 33.3 Å². The lowest BCUT2D eigenvalue weighted by Gasteiger charge is -2.24. The molecule has 0 aromatic heterocycles. The van der Waals surface area contributed by atoms with Crippen molar-refractivity contribution in [2.24, 2.45) is 0 Å². The van der Waals surface area contributed by atoms with E-state index in [4.69, 9.17) is 18.9 Å². The summed E-state index contributed by atoms with van der Waals surface area (Å²) in [6.07, 6.45) is -0.780. The fraction of sp³-hybridized carbons (Fsp3) is 0.450. The highest BCUT2D eigenvalue weighted by molar-refractivity contribution is 5.92. The topological polar surface area (TPSA) is 88.1 Å². The maximum absolute atomic E-state index is 12.3. The maximum atomic E-state index is 12.3. The molecule has 0 aliphatic carbocycles. The summed E-state index contributed by atoms with van der Waals surface area (Å²) in [6.45, 7) is 5.72.